The summed E-state index contributed by atoms with van der Waals surface area (Å²) in [6.07, 6.45) is 3.37. The number of hydrogen-bond donors (Lipinski definition) is 3. The predicted octanol–water partition coefficient (Wildman–Crippen LogP) is 4.91. The summed E-state index contributed by atoms with van der Waals surface area (Å²) in [6, 6.07) is 14.0. The first-order chi connectivity index (χ1) is 15.3. The van der Waals surface area contributed by atoms with E-state index in [1.54, 1.807) is 12.3 Å². The number of carbonyl (C=O) groups excluding carboxylic acids is 1. The molecule has 0 spiro atoms. The molecule has 0 bridgehead atoms. The van der Waals surface area contributed by atoms with Gasteiger partial charge in [-0.25, -0.2) is 17.8 Å². The zero-order chi connectivity index (χ0) is 22.7. The van der Waals surface area contributed by atoms with Crippen molar-refractivity contribution in [1.29, 1.82) is 0 Å². The minimum atomic E-state index is -4.08. The van der Waals surface area contributed by atoms with Crippen LogP contribution in [0.25, 0.3) is 0 Å². The fourth-order valence-electron chi connectivity index (χ4n) is 2.85. The molecule has 0 aliphatic rings. The molecule has 1 amide bonds. The molecule has 0 aliphatic carbocycles. The Balaban J connectivity index is 1.44. The summed E-state index contributed by atoms with van der Waals surface area (Å²) in [5.41, 5.74) is 0.771. The third kappa shape index (κ3) is 4.98. The molecule has 2 aromatic heterocycles. The molecule has 0 radical (unpaired) electrons. The van der Waals surface area contributed by atoms with Gasteiger partial charge in [-0.2, -0.15) is 0 Å². The average Bonchev–Trinajstić information content (AvgIpc) is 3.42. The number of halogens is 2. The van der Waals surface area contributed by atoms with Crippen LogP contribution in [0, 0.1) is 5.82 Å². The molecule has 11 heteroatoms. The fraction of sp³-hybridized carbons (Fsp3) is 0.0476. The summed E-state index contributed by atoms with van der Waals surface area (Å²) >= 11 is 7.47. The number of carbonyl (C=O) groups is 1. The molecule has 0 fully saturated rings. The number of rotatable bonds is 7. The molecule has 2 aromatic carbocycles. The van der Waals surface area contributed by atoms with Gasteiger partial charge in [0.25, 0.3) is 15.9 Å². The summed E-state index contributed by atoms with van der Waals surface area (Å²) in [7, 11) is -4.08. The maximum atomic E-state index is 13.8. The third-order valence-corrected chi connectivity index (χ3v) is 7.05. The topological polar surface area (TPSA) is 104 Å². The minimum absolute atomic E-state index is 0.0155. The first kappa shape index (κ1) is 22.0. The fourth-order valence-corrected chi connectivity index (χ4v) is 4.94. The van der Waals surface area contributed by atoms with Crippen molar-refractivity contribution >= 4 is 49.7 Å². The second-order valence-electron chi connectivity index (χ2n) is 6.69. The van der Waals surface area contributed by atoms with Crippen molar-refractivity contribution in [2.45, 2.75) is 11.3 Å². The van der Waals surface area contributed by atoms with Crippen LogP contribution in [0.15, 0.2) is 71.9 Å². The number of sulfonamides is 1. The lowest BCUT2D eigenvalue weighted by Crippen LogP contribution is -2.14. The number of nitrogens with zero attached hydrogens (tertiary/aromatic N) is 1. The van der Waals surface area contributed by atoms with Crippen molar-refractivity contribution in [2.75, 3.05) is 10.0 Å². The van der Waals surface area contributed by atoms with Crippen molar-refractivity contribution in [3.8, 4) is 0 Å². The molecule has 0 saturated carbocycles. The largest absolute Gasteiger partial charge is 0.356 e. The first-order valence-corrected chi connectivity index (χ1v) is 11.9. The van der Waals surface area contributed by atoms with E-state index in [1.165, 1.54) is 29.5 Å². The predicted molar refractivity (Wildman–Crippen MR) is 122 cm³/mol. The van der Waals surface area contributed by atoms with E-state index in [4.69, 9.17) is 11.6 Å². The smallest absolute Gasteiger partial charge is 0.273 e. The van der Waals surface area contributed by atoms with E-state index in [9.17, 15) is 17.6 Å². The van der Waals surface area contributed by atoms with E-state index in [0.717, 1.165) is 28.8 Å². The number of amides is 1. The molecule has 3 N–H and O–H groups in total. The Morgan fingerprint density at radius 1 is 1.16 bits per heavy atom. The van der Waals surface area contributed by atoms with Crippen molar-refractivity contribution in [3.05, 3.63) is 94.0 Å². The molecule has 164 valence electrons. The number of anilines is 2. The summed E-state index contributed by atoms with van der Waals surface area (Å²) in [6.45, 7) is 0. The van der Waals surface area contributed by atoms with Gasteiger partial charge in [-0.05, 0) is 29.8 Å². The number of thiazole rings is 1. The standard InChI is InChI=1S/C21H16ClFN4O3S2/c22-16-6-2-1-5-13(16)9-14-11-25-21(31-14)26-20(28)19-10-15(12-24-19)32(29,30)27-18-8-4-3-7-17(18)23/h1-8,10-12,24,27H,9H2,(H,25,26,28). The lowest BCUT2D eigenvalue weighted by atomic mass is 10.1. The van der Waals surface area contributed by atoms with Gasteiger partial charge in [-0.3, -0.25) is 14.8 Å². The van der Waals surface area contributed by atoms with Crippen LogP contribution >= 0.6 is 22.9 Å². The number of hydrogen-bond acceptors (Lipinski definition) is 5. The van der Waals surface area contributed by atoms with Gasteiger partial charge in [0.2, 0.25) is 0 Å². The van der Waals surface area contributed by atoms with Crippen LogP contribution in [0.3, 0.4) is 0 Å². The van der Waals surface area contributed by atoms with Crippen molar-refractivity contribution in [2.24, 2.45) is 0 Å². The second kappa shape index (κ2) is 9.11. The Bertz CT molecular complexity index is 1380. The molecule has 4 aromatic rings. The highest BCUT2D eigenvalue weighted by atomic mass is 35.5. The maximum absolute atomic E-state index is 13.8. The van der Waals surface area contributed by atoms with Crippen molar-refractivity contribution < 1.29 is 17.6 Å². The van der Waals surface area contributed by atoms with Crippen LogP contribution in [-0.4, -0.2) is 24.3 Å². The van der Waals surface area contributed by atoms with Crippen LogP contribution in [0.4, 0.5) is 15.2 Å². The van der Waals surface area contributed by atoms with Gasteiger partial charge in [-0.15, -0.1) is 11.3 Å². The number of nitrogens with one attached hydrogen (secondary N) is 3. The van der Waals surface area contributed by atoms with Gasteiger partial charge in [0, 0.05) is 28.7 Å². The van der Waals surface area contributed by atoms with E-state index in [1.807, 2.05) is 18.2 Å². The highest BCUT2D eigenvalue weighted by Crippen LogP contribution is 2.25. The minimum Gasteiger partial charge on any atom is -0.356 e. The number of aromatic amines is 1. The van der Waals surface area contributed by atoms with Crippen LogP contribution in [0.5, 0.6) is 0 Å². The Morgan fingerprint density at radius 2 is 1.91 bits per heavy atom. The molecule has 2 heterocycles. The summed E-state index contributed by atoms with van der Waals surface area (Å²) in [4.78, 5) is 20.0. The molecule has 7 nitrogen and oxygen atoms in total. The van der Waals surface area contributed by atoms with Crippen LogP contribution < -0.4 is 10.0 Å². The van der Waals surface area contributed by atoms with Gasteiger partial charge >= 0.3 is 0 Å². The molecule has 0 saturated heterocycles. The van der Waals surface area contributed by atoms with E-state index in [2.05, 4.69) is 20.0 Å². The number of H-pyrrole nitrogens is 1. The number of aromatic nitrogens is 2. The molecular formula is C21H16ClFN4O3S2. The normalized spacial score (nSPS) is 11.3. The first-order valence-electron chi connectivity index (χ1n) is 9.27. The van der Waals surface area contributed by atoms with Crippen LogP contribution in [0.1, 0.15) is 20.9 Å². The van der Waals surface area contributed by atoms with Gasteiger partial charge in [-0.1, -0.05) is 41.9 Å². The van der Waals surface area contributed by atoms with Crippen LogP contribution in [-0.2, 0) is 16.4 Å². The van der Waals surface area contributed by atoms with Gasteiger partial charge in [0.1, 0.15) is 16.4 Å². The van der Waals surface area contributed by atoms with Gasteiger partial charge < -0.3 is 4.98 Å². The van der Waals surface area contributed by atoms with Gasteiger partial charge in [0.15, 0.2) is 5.13 Å². The Labute approximate surface area is 192 Å². The molecule has 4 rings (SSSR count). The molecule has 0 aliphatic heterocycles. The highest BCUT2D eigenvalue weighted by molar-refractivity contribution is 7.92. The number of benzene rings is 2. The molecule has 32 heavy (non-hydrogen) atoms. The zero-order valence-corrected chi connectivity index (χ0v) is 18.7. The lowest BCUT2D eigenvalue weighted by molar-refractivity contribution is 0.102. The quantitative estimate of drug-likeness (QED) is 0.342. The van der Waals surface area contributed by atoms with Crippen molar-refractivity contribution in [3.63, 3.8) is 0 Å². The monoisotopic (exact) mass is 490 g/mol. The SMILES string of the molecule is O=C(Nc1ncc(Cc2ccccc2Cl)s1)c1cc(S(=O)(=O)Nc2ccccc2F)c[nH]1. The Morgan fingerprint density at radius 3 is 2.69 bits per heavy atom. The third-order valence-electron chi connectivity index (χ3n) is 4.43. The van der Waals surface area contributed by atoms with Crippen molar-refractivity contribution in [1.82, 2.24) is 9.97 Å². The van der Waals surface area contributed by atoms with E-state index >= 15 is 0 Å². The summed E-state index contributed by atoms with van der Waals surface area (Å²) in [5, 5.41) is 3.64. The Hall–Kier alpha value is -3.21. The molecular weight excluding hydrogens is 475 g/mol. The molecule has 0 unspecified atom stereocenters. The van der Waals surface area contributed by atoms with Gasteiger partial charge in [0.05, 0.1) is 5.69 Å². The molecule has 0 atom stereocenters. The highest BCUT2D eigenvalue weighted by Gasteiger charge is 2.20. The average molecular weight is 491 g/mol. The van der Waals surface area contributed by atoms with Crippen LogP contribution in [0.2, 0.25) is 5.02 Å². The lowest BCUT2D eigenvalue weighted by Gasteiger charge is -2.06. The maximum Gasteiger partial charge on any atom is 0.273 e. The summed E-state index contributed by atoms with van der Waals surface area (Å²) in [5.74, 6) is -1.27. The van der Waals surface area contributed by atoms with E-state index < -0.39 is 21.7 Å². The van der Waals surface area contributed by atoms with E-state index in [-0.39, 0.29) is 16.3 Å². The summed E-state index contributed by atoms with van der Waals surface area (Å²) < 4.78 is 40.9. The number of para-hydroxylation sites is 1. The zero-order valence-electron chi connectivity index (χ0n) is 16.3. The second-order valence-corrected chi connectivity index (χ2v) is 9.89. The Kier molecular flexibility index (Phi) is 6.26. The van der Waals surface area contributed by atoms with E-state index in [0.29, 0.717) is 16.6 Å².